The Hall–Kier alpha value is -3.24. The van der Waals surface area contributed by atoms with Crippen molar-refractivity contribution in [1.82, 2.24) is 20.0 Å². The van der Waals surface area contributed by atoms with E-state index in [1.54, 1.807) is 77.7 Å². The molecule has 2 N–H and O–H groups in total. The number of hydrogen-bond acceptors (Lipinski definition) is 6. The topological polar surface area (TPSA) is 102 Å². The van der Waals surface area contributed by atoms with Gasteiger partial charge in [-0.25, -0.2) is 13.1 Å². The van der Waals surface area contributed by atoms with Crippen LogP contribution in [0.3, 0.4) is 0 Å². The van der Waals surface area contributed by atoms with Crippen LogP contribution in [-0.2, 0) is 10.0 Å². The zero-order valence-corrected chi connectivity index (χ0v) is 17.3. The summed E-state index contributed by atoms with van der Waals surface area (Å²) in [4.78, 5) is 0.182. The van der Waals surface area contributed by atoms with Crippen LogP contribution in [0.5, 0.6) is 0 Å². The van der Waals surface area contributed by atoms with E-state index in [0.717, 1.165) is 5.69 Å². The Kier molecular flexibility index (Phi) is 5.28. The number of halogens is 1. The average Bonchev–Trinajstić information content (AvgIpc) is 3.25. The molecule has 0 radical (unpaired) electrons. The third kappa shape index (κ3) is 4.61. The summed E-state index contributed by atoms with van der Waals surface area (Å²) in [7, 11) is -3.66. The van der Waals surface area contributed by atoms with Crippen molar-refractivity contribution in [3.05, 3.63) is 83.6 Å². The summed E-state index contributed by atoms with van der Waals surface area (Å²) in [6.45, 7) is 0. The minimum absolute atomic E-state index is 0.182. The van der Waals surface area contributed by atoms with Crippen LogP contribution in [0.15, 0.2) is 88.5 Å². The Morgan fingerprint density at radius 2 is 1.69 bits per heavy atom. The molecule has 0 aliphatic rings. The first-order valence-electron chi connectivity index (χ1n) is 8.49. The number of hydrogen-bond donors (Lipinski definition) is 2. The van der Waals surface area contributed by atoms with Gasteiger partial charge in [-0.2, -0.15) is 5.10 Å². The molecular formula is C19H15BrN6O2S. The first kappa shape index (κ1) is 19.1. The third-order valence-corrected chi connectivity index (χ3v) is 5.78. The molecule has 4 rings (SSSR count). The van der Waals surface area contributed by atoms with Gasteiger partial charge in [0.1, 0.15) is 0 Å². The van der Waals surface area contributed by atoms with Gasteiger partial charge in [-0.3, -0.25) is 4.72 Å². The van der Waals surface area contributed by atoms with Crippen molar-refractivity contribution in [2.75, 3.05) is 10.0 Å². The molecule has 146 valence electrons. The van der Waals surface area contributed by atoms with Gasteiger partial charge in [0.05, 0.1) is 4.90 Å². The average molecular weight is 471 g/mol. The Bertz CT molecular complexity index is 1210. The molecule has 2 aromatic carbocycles. The maximum absolute atomic E-state index is 12.5. The van der Waals surface area contributed by atoms with E-state index >= 15 is 0 Å². The molecule has 10 heteroatoms. The lowest BCUT2D eigenvalue weighted by Crippen LogP contribution is -2.12. The van der Waals surface area contributed by atoms with E-state index in [4.69, 9.17) is 0 Å². The summed E-state index contributed by atoms with van der Waals surface area (Å²) in [6.07, 6.45) is 3.45. The van der Waals surface area contributed by atoms with Crippen LogP contribution in [0, 0.1) is 0 Å². The lowest BCUT2D eigenvalue weighted by Gasteiger charge is -2.10. The van der Waals surface area contributed by atoms with Crippen molar-refractivity contribution in [2.24, 2.45) is 0 Å². The van der Waals surface area contributed by atoms with E-state index in [9.17, 15) is 8.42 Å². The molecule has 0 amide bonds. The number of sulfonamides is 1. The monoisotopic (exact) mass is 470 g/mol. The van der Waals surface area contributed by atoms with Crippen molar-refractivity contribution in [3.63, 3.8) is 0 Å². The van der Waals surface area contributed by atoms with Crippen LogP contribution in [0.4, 0.5) is 17.2 Å². The predicted molar refractivity (Wildman–Crippen MR) is 114 cm³/mol. The van der Waals surface area contributed by atoms with E-state index in [1.807, 2.05) is 0 Å². The van der Waals surface area contributed by atoms with Gasteiger partial charge in [-0.1, -0.05) is 22.0 Å². The maximum atomic E-state index is 12.5. The minimum atomic E-state index is -3.66. The van der Waals surface area contributed by atoms with Gasteiger partial charge in [0.15, 0.2) is 11.6 Å². The second-order valence-electron chi connectivity index (χ2n) is 5.99. The summed E-state index contributed by atoms with van der Waals surface area (Å²) in [5, 5.41) is 15.5. The van der Waals surface area contributed by atoms with E-state index in [0.29, 0.717) is 21.8 Å². The first-order chi connectivity index (χ1) is 14.0. The summed E-state index contributed by atoms with van der Waals surface area (Å²) < 4.78 is 29.8. The molecule has 29 heavy (non-hydrogen) atoms. The Morgan fingerprint density at radius 3 is 2.34 bits per heavy atom. The van der Waals surface area contributed by atoms with Crippen molar-refractivity contribution >= 4 is 43.1 Å². The molecule has 0 saturated heterocycles. The molecule has 0 fully saturated rings. The van der Waals surface area contributed by atoms with Crippen LogP contribution in [0.1, 0.15) is 0 Å². The number of anilines is 3. The second kappa shape index (κ2) is 8.02. The lowest BCUT2D eigenvalue weighted by molar-refractivity contribution is 0.601. The number of benzene rings is 2. The number of nitrogens with zero attached hydrogens (tertiary/aromatic N) is 4. The molecule has 0 aliphatic heterocycles. The van der Waals surface area contributed by atoms with Crippen LogP contribution in [0.2, 0.25) is 0 Å². The smallest absolute Gasteiger partial charge is 0.261 e. The molecule has 0 spiro atoms. The maximum Gasteiger partial charge on any atom is 0.261 e. The zero-order valence-electron chi connectivity index (χ0n) is 14.9. The quantitative estimate of drug-likeness (QED) is 0.441. The molecule has 2 heterocycles. The molecule has 0 unspecified atom stereocenters. The van der Waals surface area contributed by atoms with Crippen molar-refractivity contribution in [2.45, 2.75) is 4.90 Å². The molecule has 4 aromatic rings. The highest BCUT2D eigenvalue weighted by atomic mass is 79.9. The Morgan fingerprint density at radius 1 is 0.897 bits per heavy atom. The van der Waals surface area contributed by atoms with E-state index in [2.05, 4.69) is 41.3 Å². The van der Waals surface area contributed by atoms with Gasteiger partial charge < -0.3 is 5.32 Å². The highest BCUT2D eigenvalue weighted by Gasteiger charge is 2.14. The number of rotatable bonds is 6. The molecule has 2 aromatic heterocycles. The van der Waals surface area contributed by atoms with Crippen LogP contribution < -0.4 is 10.0 Å². The SMILES string of the molecule is O=S(=O)(Nc1ccc(Nc2ccc(-n3cccn3)nn2)cc1)c1cccc(Br)c1. The highest BCUT2D eigenvalue weighted by Crippen LogP contribution is 2.22. The van der Waals surface area contributed by atoms with Gasteiger partial charge in [-0.05, 0) is 60.7 Å². The van der Waals surface area contributed by atoms with E-state index < -0.39 is 10.0 Å². The van der Waals surface area contributed by atoms with Crippen molar-refractivity contribution in [3.8, 4) is 5.82 Å². The normalized spacial score (nSPS) is 11.2. The van der Waals surface area contributed by atoms with Crippen LogP contribution in [0.25, 0.3) is 5.82 Å². The van der Waals surface area contributed by atoms with E-state index in [1.165, 1.54) is 6.07 Å². The van der Waals surface area contributed by atoms with E-state index in [-0.39, 0.29) is 4.90 Å². The molecule has 0 saturated carbocycles. The molecule has 0 aliphatic carbocycles. The molecule has 0 atom stereocenters. The van der Waals surface area contributed by atoms with Gasteiger partial charge in [-0.15, -0.1) is 10.2 Å². The Balaban J connectivity index is 1.44. The highest BCUT2D eigenvalue weighted by molar-refractivity contribution is 9.10. The third-order valence-electron chi connectivity index (χ3n) is 3.91. The Labute approximate surface area is 175 Å². The van der Waals surface area contributed by atoms with Gasteiger partial charge in [0, 0.05) is 28.2 Å². The summed E-state index contributed by atoms with van der Waals surface area (Å²) >= 11 is 3.28. The van der Waals surface area contributed by atoms with Crippen LogP contribution in [-0.4, -0.2) is 28.4 Å². The fourth-order valence-electron chi connectivity index (χ4n) is 2.54. The lowest BCUT2D eigenvalue weighted by atomic mass is 10.3. The first-order valence-corrected chi connectivity index (χ1v) is 10.8. The molecule has 8 nitrogen and oxygen atoms in total. The standard InChI is InChI=1S/C19H15BrN6O2S/c20-14-3-1-4-17(13-14)29(27,28)25-16-7-5-15(6-8-16)22-18-9-10-19(24-23-18)26-12-2-11-21-26/h1-13,25H,(H,22,23). The number of aromatic nitrogens is 4. The van der Waals surface area contributed by atoms with Gasteiger partial charge in [0.2, 0.25) is 0 Å². The minimum Gasteiger partial charge on any atom is -0.339 e. The fourth-order valence-corrected chi connectivity index (χ4v) is 4.19. The summed E-state index contributed by atoms with van der Waals surface area (Å²) in [5.74, 6) is 1.17. The number of nitrogens with one attached hydrogen (secondary N) is 2. The second-order valence-corrected chi connectivity index (χ2v) is 8.59. The zero-order chi connectivity index (χ0) is 20.3. The fraction of sp³-hybridized carbons (Fsp3) is 0. The predicted octanol–water partition coefficient (Wildman–Crippen LogP) is 3.97. The van der Waals surface area contributed by atoms with Gasteiger partial charge in [0.25, 0.3) is 10.0 Å². The molecule has 0 bridgehead atoms. The van der Waals surface area contributed by atoms with Crippen LogP contribution >= 0.6 is 15.9 Å². The van der Waals surface area contributed by atoms with Crippen molar-refractivity contribution < 1.29 is 8.42 Å². The van der Waals surface area contributed by atoms with Gasteiger partial charge >= 0.3 is 0 Å². The van der Waals surface area contributed by atoms with Crippen molar-refractivity contribution in [1.29, 1.82) is 0 Å². The largest absolute Gasteiger partial charge is 0.339 e. The summed E-state index contributed by atoms with van der Waals surface area (Å²) in [5.41, 5.74) is 1.20. The molecular weight excluding hydrogens is 456 g/mol. The summed E-state index contributed by atoms with van der Waals surface area (Å²) in [6, 6.07) is 18.8.